The number of methoxy groups -OCH3 is 1. The van der Waals surface area contributed by atoms with Crippen LogP contribution >= 0.6 is 0 Å². The molecule has 0 spiro atoms. The fourth-order valence-electron chi connectivity index (χ4n) is 3.05. The number of hydrogen-bond acceptors (Lipinski definition) is 4. The van der Waals surface area contributed by atoms with Gasteiger partial charge < -0.3 is 14.6 Å². The summed E-state index contributed by atoms with van der Waals surface area (Å²) < 4.78 is 7.35. The summed E-state index contributed by atoms with van der Waals surface area (Å²) in [6, 6.07) is 2.19. The predicted molar refractivity (Wildman–Crippen MR) is 95.6 cm³/mol. The zero-order chi connectivity index (χ0) is 18.4. The number of carbonyl (C=O) groups excluding carboxylic acids is 2. The van der Waals surface area contributed by atoms with Crippen LogP contribution in [0.15, 0.2) is 6.07 Å². The topological polar surface area (TPSA) is 63.6 Å². The van der Waals surface area contributed by atoms with E-state index < -0.39 is 0 Å². The average Bonchev–Trinajstić information content (AvgIpc) is 2.72. The van der Waals surface area contributed by atoms with Crippen molar-refractivity contribution < 1.29 is 14.3 Å². The Morgan fingerprint density at radius 1 is 1.25 bits per heavy atom. The molecule has 0 saturated heterocycles. The van der Waals surface area contributed by atoms with E-state index in [1.807, 2.05) is 33.8 Å². The fraction of sp³-hybridized carbons (Fsp3) is 0.667. The van der Waals surface area contributed by atoms with Crippen molar-refractivity contribution in [3.8, 4) is 0 Å². The van der Waals surface area contributed by atoms with Crippen LogP contribution < -0.4 is 5.32 Å². The van der Waals surface area contributed by atoms with E-state index in [-0.39, 0.29) is 36.9 Å². The van der Waals surface area contributed by atoms with Gasteiger partial charge in [0.1, 0.15) is 0 Å². The van der Waals surface area contributed by atoms with Gasteiger partial charge in [0, 0.05) is 30.1 Å². The Labute approximate surface area is 145 Å². The van der Waals surface area contributed by atoms with Gasteiger partial charge in [-0.25, -0.2) is 0 Å². The molecule has 136 valence electrons. The number of aryl methyl sites for hydroxylation is 1. The molecule has 6 heteroatoms. The largest absolute Gasteiger partial charge is 0.383 e. The molecule has 0 aliphatic heterocycles. The van der Waals surface area contributed by atoms with Gasteiger partial charge in [-0.1, -0.05) is 0 Å². The van der Waals surface area contributed by atoms with Crippen LogP contribution in [0, 0.1) is 13.8 Å². The Kier molecular flexibility index (Phi) is 7.63. The molecule has 6 nitrogen and oxygen atoms in total. The van der Waals surface area contributed by atoms with Crippen molar-refractivity contribution in [2.24, 2.45) is 0 Å². The van der Waals surface area contributed by atoms with Crippen molar-refractivity contribution >= 4 is 11.7 Å². The number of hydrogen-bond donors (Lipinski definition) is 1. The third kappa shape index (κ3) is 5.46. The molecule has 24 heavy (non-hydrogen) atoms. The van der Waals surface area contributed by atoms with E-state index in [0.29, 0.717) is 12.2 Å². The van der Waals surface area contributed by atoms with Gasteiger partial charge in [0.15, 0.2) is 5.78 Å². The number of aromatic nitrogens is 1. The standard InChI is InChI=1S/C18H31N3O3/c1-12(2)19-18(23)10-20(6)9-17(22)16-8-13(3)21(15(16)5)14(4)11-24-7/h8,12,14H,9-11H2,1-7H3,(H,19,23)/t14-/m1/s1. The molecule has 1 rings (SSSR count). The summed E-state index contributed by atoms with van der Waals surface area (Å²) in [7, 11) is 3.46. The third-order valence-electron chi connectivity index (χ3n) is 3.91. The molecule has 1 heterocycles. The minimum absolute atomic E-state index is 0.0267. The van der Waals surface area contributed by atoms with Crippen LogP contribution in [-0.4, -0.2) is 61.1 Å². The minimum Gasteiger partial charge on any atom is -0.383 e. The second-order valence-electron chi connectivity index (χ2n) is 6.78. The maximum absolute atomic E-state index is 12.6. The van der Waals surface area contributed by atoms with E-state index in [1.165, 1.54) is 0 Å². The lowest BCUT2D eigenvalue weighted by Gasteiger charge is -2.18. The Morgan fingerprint density at radius 2 is 1.88 bits per heavy atom. The van der Waals surface area contributed by atoms with Gasteiger partial charge in [-0.2, -0.15) is 0 Å². The van der Waals surface area contributed by atoms with Crippen LogP contribution in [0.5, 0.6) is 0 Å². The van der Waals surface area contributed by atoms with Gasteiger partial charge in [-0.15, -0.1) is 0 Å². The molecular weight excluding hydrogens is 306 g/mol. The molecule has 1 amide bonds. The van der Waals surface area contributed by atoms with E-state index >= 15 is 0 Å². The highest BCUT2D eigenvalue weighted by molar-refractivity contribution is 5.99. The quantitative estimate of drug-likeness (QED) is 0.700. The second-order valence-corrected chi connectivity index (χ2v) is 6.78. The van der Waals surface area contributed by atoms with Crippen LogP contribution in [0.1, 0.15) is 48.6 Å². The zero-order valence-electron chi connectivity index (χ0n) is 16.0. The average molecular weight is 337 g/mol. The van der Waals surface area contributed by atoms with Crippen LogP contribution in [0.2, 0.25) is 0 Å². The van der Waals surface area contributed by atoms with Gasteiger partial charge >= 0.3 is 0 Å². The first-order valence-electron chi connectivity index (χ1n) is 8.35. The van der Waals surface area contributed by atoms with E-state index in [4.69, 9.17) is 4.74 Å². The lowest BCUT2D eigenvalue weighted by atomic mass is 10.1. The molecule has 0 radical (unpaired) electrons. The number of nitrogens with zero attached hydrogens (tertiary/aromatic N) is 2. The number of likely N-dealkylation sites (N-methyl/N-ethyl adjacent to an activating group) is 1. The molecule has 0 aliphatic rings. The van der Waals surface area contributed by atoms with E-state index in [0.717, 1.165) is 11.4 Å². The molecule has 0 aliphatic carbocycles. The first-order chi connectivity index (χ1) is 11.2. The highest BCUT2D eigenvalue weighted by atomic mass is 16.5. The lowest BCUT2D eigenvalue weighted by molar-refractivity contribution is -0.122. The third-order valence-corrected chi connectivity index (χ3v) is 3.91. The highest BCUT2D eigenvalue weighted by Crippen LogP contribution is 2.21. The smallest absolute Gasteiger partial charge is 0.234 e. The van der Waals surface area contributed by atoms with Crippen molar-refractivity contribution in [2.75, 3.05) is 33.9 Å². The van der Waals surface area contributed by atoms with E-state index in [1.54, 1.807) is 19.1 Å². The van der Waals surface area contributed by atoms with Crippen LogP contribution in [0.3, 0.4) is 0 Å². The molecule has 0 saturated carbocycles. The number of carbonyl (C=O) groups is 2. The summed E-state index contributed by atoms with van der Waals surface area (Å²) in [4.78, 5) is 26.1. The normalized spacial score (nSPS) is 12.7. The molecule has 0 unspecified atom stereocenters. The van der Waals surface area contributed by atoms with Crippen molar-refractivity contribution in [3.05, 3.63) is 23.0 Å². The maximum atomic E-state index is 12.6. The zero-order valence-corrected chi connectivity index (χ0v) is 16.0. The Hall–Kier alpha value is -1.66. The maximum Gasteiger partial charge on any atom is 0.234 e. The van der Waals surface area contributed by atoms with Gasteiger partial charge in [0.2, 0.25) is 5.91 Å². The van der Waals surface area contributed by atoms with Crippen molar-refractivity contribution in [1.29, 1.82) is 0 Å². The Morgan fingerprint density at radius 3 is 2.42 bits per heavy atom. The molecule has 1 atom stereocenters. The fourth-order valence-corrected chi connectivity index (χ4v) is 3.05. The number of amides is 1. The van der Waals surface area contributed by atoms with Crippen LogP contribution in [0.4, 0.5) is 0 Å². The van der Waals surface area contributed by atoms with Gasteiger partial charge in [0.25, 0.3) is 0 Å². The lowest BCUT2D eigenvalue weighted by Crippen LogP contribution is -2.40. The predicted octanol–water partition coefficient (Wildman–Crippen LogP) is 1.95. The number of nitrogens with one attached hydrogen (secondary N) is 1. The van der Waals surface area contributed by atoms with Crippen molar-refractivity contribution in [2.45, 2.75) is 46.7 Å². The summed E-state index contributed by atoms with van der Waals surface area (Å²) in [6.45, 7) is 10.9. The summed E-state index contributed by atoms with van der Waals surface area (Å²) in [5.74, 6) is -0.0432. The van der Waals surface area contributed by atoms with Gasteiger partial charge in [-0.3, -0.25) is 14.5 Å². The summed E-state index contributed by atoms with van der Waals surface area (Å²) in [6.07, 6.45) is 0. The Balaban J connectivity index is 2.78. The Bertz CT molecular complexity index is 578. The summed E-state index contributed by atoms with van der Waals surface area (Å²) in [5, 5.41) is 2.83. The monoisotopic (exact) mass is 337 g/mol. The molecule has 0 bridgehead atoms. The van der Waals surface area contributed by atoms with E-state index in [9.17, 15) is 9.59 Å². The van der Waals surface area contributed by atoms with Gasteiger partial charge in [-0.05, 0) is 47.7 Å². The molecule has 0 aromatic carbocycles. The SMILES string of the molecule is COC[C@@H](C)n1c(C)cc(C(=O)CN(C)CC(=O)NC(C)C)c1C. The number of ketones is 1. The van der Waals surface area contributed by atoms with Crippen molar-refractivity contribution in [3.63, 3.8) is 0 Å². The number of ether oxygens (including phenoxy) is 1. The highest BCUT2D eigenvalue weighted by Gasteiger charge is 2.20. The summed E-state index contributed by atoms with van der Waals surface area (Å²) in [5.41, 5.74) is 2.70. The molecular formula is C18H31N3O3. The first-order valence-corrected chi connectivity index (χ1v) is 8.35. The number of rotatable bonds is 9. The van der Waals surface area contributed by atoms with E-state index in [2.05, 4.69) is 16.8 Å². The van der Waals surface area contributed by atoms with Crippen LogP contribution in [-0.2, 0) is 9.53 Å². The minimum atomic E-state index is -0.0699. The van der Waals surface area contributed by atoms with Gasteiger partial charge in [0.05, 0.1) is 25.7 Å². The molecule has 0 fully saturated rings. The molecule has 1 aromatic heterocycles. The van der Waals surface area contributed by atoms with Crippen molar-refractivity contribution in [1.82, 2.24) is 14.8 Å². The molecule has 1 aromatic rings. The number of Topliss-reactive ketones (excluding diaryl/α,β-unsaturated/α-hetero) is 1. The summed E-state index contributed by atoms with van der Waals surface area (Å²) >= 11 is 0. The first kappa shape index (κ1) is 20.4. The van der Waals surface area contributed by atoms with Crippen LogP contribution in [0.25, 0.3) is 0 Å². The molecule has 1 N–H and O–H groups in total. The second kappa shape index (κ2) is 8.99.